The predicted octanol–water partition coefficient (Wildman–Crippen LogP) is 0.461. The van der Waals surface area contributed by atoms with Gasteiger partial charge in [-0.25, -0.2) is 4.98 Å². The lowest BCUT2D eigenvalue weighted by atomic mass is 10.1. The Kier molecular flexibility index (Phi) is 10.3. The lowest BCUT2D eigenvalue weighted by molar-refractivity contribution is -0.119. The van der Waals surface area contributed by atoms with E-state index in [-0.39, 0.29) is 41.8 Å². The Bertz CT molecular complexity index is 893. The molecule has 30 heavy (non-hydrogen) atoms. The van der Waals surface area contributed by atoms with Gasteiger partial charge in [-0.1, -0.05) is 12.1 Å². The van der Waals surface area contributed by atoms with Crippen molar-refractivity contribution in [1.82, 2.24) is 20.5 Å². The third-order valence-corrected chi connectivity index (χ3v) is 3.76. The number of carbonyl (C=O) groups is 2. The molecular formula is C17H22Cl2N8O3. The quantitative estimate of drug-likeness (QED) is 0.238. The van der Waals surface area contributed by atoms with E-state index in [2.05, 4.69) is 25.5 Å². The average molecular weight is 457 g/mol. The SMILES string of the molecule is Cl.NC(=O)COc1ccc(CCCCN=C(N)NC(=O)c2nc(Cl)nnc2N)cc1. The zero-order valence-electron chi connectivity index (χ0n) is 15.9. The number of unbranched alkanes of at least 4 members (excludes halogenated alkanes) is 1. The van der Waals surface area contributed by atoms with E-state index in [0.29, 0.717) is 12.3 Å². The molecule has 1 aromatic carbocycles. The van der Waals surface area contributed by atoms with Gasteiger partial charge < -0.3 is 21.9 Å². The van der Waals surface area contributed by atoms with Crippen molar-refractivity contribution < 1.29 is 14.3 Å². The molecule has 0 bridgehead atoms. The monoisotopic (exact) mass is 456 g/mol. The fourth-order valence-electron chi connectivity index (χ4n) is 2.24. The smallest absolute Gasteiger partial charge is 0.280 e. The van der Waals surface area contributed by atoms with E-state index < -0.39 is 11.8 Å². The number of aliphatic imine (C=N–C) groups is 1. The second-order valence-corrected chi connectivity index (χ2v) is 6.23. The molecule has 13 heteroatoms. The highest BCUT2D eigenvalue weighted by molar-refractivity contribution is 6.28. The Labute approximate surface area is 183 Å². The van der Waals surface area contributed by atoms with Crippen LogP contribution in [0.4, 0.5) is 5.82 Å². The average Bonchev–Trinajstić information content (AvgIpc) is 2.68. The number of hydrogen-bond donors (Lipinski definition) is 4. The number of anilines is 1. The first kappa shape index (κ1) is 24.9. The van der Waals surface area contributed by atoms with Gasteiger partial charge in [0.1, 0.15) is 5.75 Å². The molecule has 0 unspecified atom stereocenters. The van der Waals surface area contributed by atoms with Crippen molar-refractivity contribution in [2.24, 2.45) is 16.5 Å². The van der Waals surface area contributed by atoms with Gasteiger partial charge in [0.15, 0.2) is 24.1 Å². The summed E-state index contributed by atoms with van der Waals surface area (Å²) in [7, 11) is 0. The number of carbonyl (C=O) groups excluding carboxylic acids is 2. The van der Waals surface area contributed by atoms with Crippen molar-refractivity contribution in [1.29, 1.82) is 0 Å². The van der Waals surface area contributed by atoms with Crippen LogP contribution < -0.4 is 27.3 Å². The molecule has 0 radical (unpaired) electrons. The normalized spacial score (nSPS) is 10.8. The maximum Gasteiger partial charge on any atom is 0.280 e. The first-order valence-electron chi connectivity index (χ1n) is 8.62. The Morgan fingerprint density at radius 2 is 1.83 bits per heavy atom. The number of hydrogen-bond acceptors (Lipinski definition) is 8. The summed E-state index contributed by atoms with van der Waals surface area (Å²) >= 11 is 5.60. The summed E-state index contributed by atoms with van der Waals surface area (Å²) in [6.07, 6.45) is 2.46. The molecule has 0 saturated carbocycles. The molecule has 0 atom stereocenters. The highest BCUT2D eigenvalue weighted by atomic mass is 35.5. The van der Waals surface area contributed by atoms with Gasteiger partial charge in [0, 0.05) is 6.54 Å². The molecule has 0 saturated heterocycles. The van der Waals surface area contributed by atoms with Crippen molar-refractivity contribution in [3.63, 3.8) is 0 Å². The van der Waals surface area contributed by atoms with Crippen LogP contribution in [0.15, 0.2) is 29.3 Å². The predicted molar refractivity (Wildman–Crippen MR) is 115 cm³/mol. The third kappa shape index (κ3) is 8.45. The number of benzene rings is 1. The number of halogens is 2. The van der Waals surface area contributed by atoms with E-state index in [4.69, 9.17) is 33.5 Å². The summed E-state index contributed by atoms with van der Waals surface area (Å²) < 4.78 is 5.20. The molecular weight excluding hydrogens is 435 g/mol. The van der Waals surface area contributed by atoms with Gasteiger partial charge in [-0.15, -0.1) is 22.6 Å². The molecule has 0 aliphatic heterocycles. The van der Waals surface area contributed by atoms with Gasteiger partial charge in [-0.3, -0.25) is 19.9 Å². The number of nitrogen functional groups attached to an aromatic ring is 1. The van der Waals surface area contributed by atoms with E-state index in [1.54, 1.807) is 12.1 Å². The van der Waals surface area contributed by atoms with E-state index >= 15 is 0 Å². The van der Waals surface area contributed by atoms with E-state index in [9.17, 15) is 9.59 Å². The summed E-state index contributed by atoms with van der Waals surface area (Å²) in [5, 5.41) is 9.11. The fraction of sp³-hybridized carbons (Fsp3) is 0.294. The topological polar surface area (TPSA) is 184 Å². The number of ether oxygens (including phenoxy) is 1. The molecule has 0 fully saturated rings. The van der Waals surface area contributed by atoms with Gasteiger partial charge in [-0.05, 0) is 48.6 Å². The maximum absolute atomic E-state index is 12.0. The minimum Gasteiger partial charge on any atom is -0.484 e. The third-order valence-electron chi connectivity index (χ3n) is 3.60. The van der Waals surface area contributed by atoms with Crippen LogP contribution in [0.25, 0.3) is 0 Å². The maximum atomic E-state index is 12.0. The van der Waals surface area contributed by atoms with Crippen LogP contribution in [-0.2, 0) is 11.2 Å². The van der Waals surface area contributed by atoms with Gasteiger partial charge in [0.05, 0.1) is 0 Å². The number of aryl methyl sites for hydroxylation is 1. The van der Waals surface area contributed by atoms with Gasteiger partial charge in [0.25, 0.3) is 11.8 Å². The van der Waals surface area contributed by atoms with Gasteiger partial charge in [-0.2, -0.15) is 0 Å². The second-order valence-electron chi connectivity index (χ2n) is 5.89. The van der Waals surface area contributed by atoms with E-state index in [0.717, 1.165) is 24.8 Å². The van der Waals surface area contributed by atoms with Crippen LogP contribution in [0.2, 0.25) is 5.28 Å². The summed E-state index contributed by atoms with van der Waals surface area (Å²) in [5.74, 6) is -0.822. The molecule has 2 aromatic rings. The summed E-state index contributed by atoms with van der Waals surface area (Å²) in [4.78, 5) is 30.5. The molecule has 0 aliphatic carbocycles. The lowest BCUT2D eigenvalue weighted by Gasteiger charge is -2.06. The van der Waals surface area contributed by atoms with E-state index in [1.165, 1.54) is 0 Å². The van der Waals surface area contributed by atoms with E-state index in [1.807, 2.05) is 12.1 Å². The molecule has 1 aromatic heterocycles. The number of guanidine groups is 1. The Morgan fingerprint density at radius 3 is 2.50 bits per heavy atom. The van der Waals surface area contributed by atoms with Crippen molar-refractivity contribution in [2.75, 3.05) is 18.9 Å². The van der Waals surface area contributed by atoms with Crippen LogP contribution in [0.5, 0.6) is 5.75 Å². The number of nitrogens with two attached hydrogens (primary N) is 3. The van der Waals surface area contributed by atoms with Gasteiger partial charge >= 0.3 is 0 Å². The lowest BCUT2D eigenvalue weighted by Crippen LogP contribution is -2.38. The minimum atomic E-state index is -0.667. The van der Waals surface area contributed by atoms with Crippen LogP contribution in [-0.4, -0.2) is 46.1 Å². The number of rotatable bonds is 9. The first-order chi connectivity index (χ1) is 13.8. The zero-order valence-corrected chi connectivity index (χ0v) is 17.4. The molecule has 2 rings (SSSR count). The molecule has 2 amide bonds. The number of amides is 2. The Hall–Kier alpha value is -3.18. The number of aromatic nitrogens is 3. The van der Waals surface area contributed by atoms with Crippen LogP contribution in [0.3, 0.4) is 0 Å². The summed E-state index contributed by atoms with van der Waals surface area (Å²) in [6.45, 7) is 0.285. The van der Waals surface area contributed by atoms with Crippen molar-refractivity contribution in [3.05, 3.63) is 40.8 Å². The molecule has 11 nitrogen and oxygen atoms in total. The number of nitrogens with one attached hydrogen (secondary N) is 1. The van der Waals surface area contributed by atoms with Crippen molar-refractivity contribution in [2.45, 2.75) is 19.3 Å². The molecule has 0 spiro atoms. The van der Waals surface area contributed by atoms with Crippen LogP contribution in [0, 0.1) is 0 Å². The number of primary amides is 1. The summed E-state index contributed by atoms with van der Waals surface area (Å²) in [6, 6.07) is 7.40. The zero-order chi connectivity index (χ0) is 21.2. The largest absolute Gasteiger partial charge is 0.484 e. The number of nitrogens with zero attached hydrogens (tertiary/aromatic N) is 4. The second kappa shape index (κ2) is 12.4. The molecule has 0 aliphatic rings. The van der Waals surface area contributed by atoms with Crippen molar-refractivity contribution >= 4 is 47.6 Å². The van der Waals surface area contributed by atoms with Crippen molar-refractivity contribution in [3.8, 4) is 5.75 Å². The van der Waals surface area contributed by atoms with Gasteiger partial charge in [0.2, 0.25) is 5.28 Å². The molecule has 1 heterocycles. The first-order valence-corrected chi connectivity index (χ1v) is 9.00. The Balaban J connectivity index is 0.00000450. The summed E-state index contributed by atoms with van der Waals surface area (Å²) in [5.41, 5.74) is 17.2. The highest BCUT2D eigenvalue weighted by Crippen LogP contribution is 2.14. The van der Waals surface area contributed by atoms with Crippen LogP contribution >= 0.6 is 24.0 Å². The highest BCUT2D eigenvalue weighted by Gasteiger charge is 2.15. The minimum absolute atomic E-state index is 0. The standard InChI is InChI=1S/C17H21ClN8O3.ClH/c18-16-23-13(14(20)25-26-16)15(28)24-17(21)22-8-2-1-3-10-4-6-11(7-5-10)29-9-12(19)27;/h4-7H,1-3,8-9H2,(H2,19,27)(H2,20,25)(H3,21,22,24,28);1H. The van der Waals surface area contributed by atoms with Crippen LogP contribution in [0.1, 0.15) is 28.9 Å². The molecule has 162 valence electrons. The Morgan fingerprint density at radius 1 is 1.13 bits per heavy atom. The molecule has 7 N–H and O–H groups in total. The fourth-order valence-corrected chi connectivity index (χ4v) is 2.37.